The van der Waals surface area contributed by atoms with E-state index in [2.05, 4.69) is 10.2 Å². The zero-order valence-corrected chi connectivity index (χ0v) is 14.9. The Bertz CT molecular complexity index is 794. The van der Waals surface area contributed by atoms with Crippen molar-refractivity contribution >= 4 is 56.7 Å². The third kappa shape index (κ3) is 4.79. The van der Waals surface area contributed by atoms with Gasteiger partial charge in [-0.3, -0.25) is 4.55 Å². The van der Waals surface area contributed by atoms with Gasteiger partial charge in [0.1, 0.15) is 5.75 Å². The fourth-order valence-corrected chi connectivity index (χ4v) is 2.10. The van der Waals surface area contributed by atoms with Crippen molar-refractivity contribution in [3.05, 3.63) is 42.5 Å². The van der Waals surface area contributed by atoms with Gasteiger partial charge in [-0.1, -0.05) is 6.07 Å². The molecule has 2 aromatic carbocycles. The van der Waals surface area contributed by atoms with Gasteiger partial charge in [0.15, 0.2) is 0 Å². The summed E-state index contributed by atoms with van der Waals surface area (Å²) >= 11 is 0. The van der Waals surface area contributed by atoms with E-state index in [1.54, 1.807) is 24.3 Å². The molecule has 0 aliphatic heterocycles. The van der Waals surface area contributed by atoms with Crippen LogP contribution in [0.1, 0.15) is 0 Å². The number of hydrogen-bond acceptors (Lipinski definition) is 6. The van der Waals surface area contributed by atoms with Gasteiger partial charge < -0.3 is 10.5 Å². The maximum Gasteiger partial charge on any atom is 0.294 e. The van der Waals surface area contributed by atoms with Crippen LogP contribution >= 0.6 is 0 Å². The molecule has 22 heavy (non-hydrogen) atoms. The fraction of sp³-hybridized carbons (Fsp3) is 0.0769. The average Bonchev–Trinajstić information content (AvgIpc) is 2.46. The van der Waals surface area contributed by atoms with Crippen LogP contribution in [0.5, 0.6) is 5.75 Å². The molecule has 111 valence electrons. The molecule has 3 N–H and O–H groups in total. The monoisotopic (exact) mass is 330 g/mol. The van der Waals surface area contributed by atoms with E-state index in [1.807, 2.05) is 0 Å². The first kappa shape index (κ1) is 18.6. The van der Waals surface area contributed by atoms with Crippen LogP contribution in [0.2, 0.25) is 0 Å². The molecule has 0 fully saturated rings. The number of benzene rings is 2. The summed E-state index contributed by atoms with van der Waals surface area (Å²) in [5.41, 5.74) is 6.95. The predicted octanol–water partition coefficient (Wildman–Crippen LogP) is 2.56. The maximum atomic E-state index is 11.0. The van der Waals surface area contributed by atoms with Crippen molar-refractivity contribution in [2.45, 2.75) is 4.90 Å². The van der Waals surface area contributed by atoms with Crippen LogP contribution in [0.3, 0.4) is 0 Å². The van der Waals surface area contributed by atoms with Crippen molar-refractivity contribution in [3.8, 4) is 5.75 Å². The Morgan fingerprint density at radius 1 is 1.09 bits per heavy atom. The van der Waals surface area contributed by atoms with E-state index in [0.29, 0.717) is 22.8 Å². The van der Waals surface area contributed by atoms with Gasteiger partial charge in [0, 0.05) is 35.6 Å². The van der Waals surface area contributed by atoms with Gasteiger partial charge in [0.05, 0.1) is 29.1 Å². The maximum absolute atomic E-state index is 11.0. The third-order valence-corrected chi connectivity index (χ3v) is 3.46. The SMILES string of the molecule is COc1cc(N=Nc2cccc(S(=O)(=O)O)c2)ccc1N.[Na]. The first-order valence-electron chi connectivity index (χ1n) is 5.83. The molecule has 0 spiro atoms. The number of anilines is 1. The van der Waals surface area contributed by atoms with Crippen LogP contribution in [-0.4, -0.2) is 49.6 Å². The van der Waals surface area contributed by atoms with E-state index in [-0.39, 0.29) is 34.5 Å². The van der Waals surface area contributed by atoms with Gasteiger partial charge in [-0.25, -0.2) is 0 Å². The molecule has 0 aliphatic rings. The number of ether oxygens (including phenoxy) is 1. The Balaban J connectivity index is 0.00000242. The molecule has 0 heterocycles. The van der Waals surface area contributed by atoms with E-state index in [4.69, 9.17) is 15.0 Å². The molecule has 0 atom stereocenters. The number of nitrogens with two attached hydrogens (primary N) is 1. The van der Waals surface area contributed by atoms with E-state index in [0.717, 1.165) is 0 Å². The quantitative estimate of drug-likeness (QED) is 0.387. The number of methoxy groups -OCH3 is 1. The van der Waals surface area contributed by atoms with E-state index in [9.17, 15) is 8.42 Å². The van der Waals surface area contributed by atoms with Crippen LogP contribution in [0.4, 0.5) is 17.1 Å². The molecule has 0 bridgehead atoms. The second kappa shape index (κ2) is 7.70. The number of rotatable bonds is 4. The number of nitrogen functional groups attached to an aromatic ring is 1. The number of nitrogens with zero attached hydrogens (tertiary/aromatic N) is 2. The van der Waals surface area contributed by atoms with Crippen molar-refractivity contribution in [3.63, 3.8) is 0 Å². The summed E-state index contributed by atoms with van der Waals surface area (Å²) in [6.45, 7) is 0. The van der Waals surface area contributed by atoms with Crippen molar-refractivity contribution in [1.29, 1.82) is 0 Å². The number of azo groups is 1. The Hall–Kier alpha value is -1.45. The Labute approximate surface area is 150 Å². The smallest absolute Gasteiger partial charge is 0.294 e. The third-order valence-electron chi connectivity index (χ3n) is 2.61. The molecule has 2 aromatic rings. The largest absolute Gasteiger partial charge is 0.495 e. The molecule has 0 saturated carbocycles. The Morgan fingerprint density at radius 2 is 1.73 bits per heavy atom. The van der Waals surface area contributed by atoms with Gasteiger partial charge in [-0.2, -0.15) is 18.6 Å². The predicted molar refractivity (Wildman–Crippen MR) is 83.6 cm³/mol. The molecule has 0 saturated heterocycles. The second-order valence-electron chi connectivity index (χ2n) is 4.10. The zero-order valence-electron chi connectivity index (χ0n) is 12.1. The normalized spacial score (nSPS) is 11.2. The summed E-state index contributed by atoms with van der Waals surface area (Å²) in [7, 11) is -2.77. The first-order valence-corrected chi connectivity index (χ1v) is 7.27. The molecule has 0 aliphatic carbocycles. The summed E-state index contributed by atoms with van der Waals surface area (Å²) in [4.78, 5) is -0.242. The summed E-state index contributed by atoms with van der Waals surface area (Å²) in [5, 5.41) is 7.87. The molecule has 0 aromatic heterocycles. The summed E-state index contributed by atoms with van der Waals surface area (Å²) in [6.07, 6.45) is 0. The average molecular weight is 330 g/mol. The summed E-state index contributed by atoms with van der Waals surface area (Å²) < 4.78 is 36.1. The van der Waals surface area contributed by atoms with Crippen molar-refractivity contribution in [2.75, 3.05) is 12.8 Å². The van der Waals surface area contributed by atoms with E-state index >= 15 is 0 Å². The summed E-state index contributed by atoms with van der Waals surface area (Å²) in [5.74, 6) is 0.470. The minimum Gasteiger partial charge on any atom is -0.495 e. The van der Waals surface area contributed by atoms with Crippen molar-refractivity contribution in [2.24, 2.45) is 10.2 Å². The first-order chi connectivity index (χ1) is 9.90. The van der Waals surface area contributed by atoms with Gasteiger partial charge in [0.2, 0.25) is 0 Å². The van der Waals surface area contributed by atoms with Crippen molar-refractivity contribution in [1.82, 2.24) is 0 Å². The molecule has 1 radical (unpaired) electrons. The van der Waals surface area contributed by atoms with Crippen LogP contribution < -0.4 is 10.5 Å². The molecule has 7 nitrogen and oxygen atoms in total. The Morgan fingerprint density at radius 3 is 2.32 bits per heavy atom. The van der Waals surface area contributed by atoms with Crippen LogP contribution in [0, 0.1) is 0 Å². The van der Waals surface area contributed by atoms with E-state index in [1.165, 1.54) is 25.3 Å². The van der Waals surface area contributed by atoms with Crippen LogP contribution in [0.25, 0.3) is 0 Å². The van der Waals surface area contributed by atoms with Crippen molar-refractivity contribution < 1.29 is 17.7 Å². The Kier molecular flexibility index (Phi) is 6.51. The molecule has 9 heteroatoms. The second-order valence-corrected chi connectivity index (χ2v) is 5.52. The number of hydrogen-bond donors (Lipinski definition) is 2. The molecular weight excluding hydrogens is 317 g/mol. The van der Waals surface area contributed by atoms with Gasteiger partial charge in [0.25, 0.3) is 10.1 Å². The fourth-order valence-electron chi connectivity index (χ4n) is 1.58. The van der Waals surface area contributed by atoms with E-state index < -0.39 is 10.1 Å². The summed E-state index contributed by atoms with van der Waals surface area (Å²) in [6, 6.07) is 10.4. The standard InChI is InChI=1S/C13H13N3O4S.Na/c1-20-13-8-10(5-6-12(13)14)16-15-9-3-2-4-11(7-9)21(17,18)19;/h2-8H,14H2,1H3,(H,17,18,19);. The van der Waals surface area contributed by atoms with Crippen LogP contribution in [-0.2, 0) is 10.1 Å². The molecule has 0 amide bonds. The zero-order chi connectivity index (χ0) is 15.5. The minimum absolute atomic E-state index is 0. The van der Waals surface area contributed by atoms with Gasteiger partial charge in [-0.05, 0) is 30.3 Å². The minimum atomic E-state index is -4.26. The van der Waals surface area contributed by atoms with Crippen LogP contribution in [0.15, 0.2) is 57.6 Å². The topological polar surface area (TPSA) is 114 Å². The molecular formula is C13H13N3NaO4S. The van der Waals surface area contributed by atoms with Gasteiger partial charge >= 0.3 is 0 Å². The molecule has 2 rings (SSSR count). The molecule has 0 unspecified atom stereocenters. The van der Waals surface area contributed by atoms with Gasteiger partial charge in [-0.15, -0.1) is 0 Å².